The maximum Gasteiger partial charge on any atom is 0.262 e. The minimum atomic E-state index is -0.388. The van der Waals surface area contributed by atoms with E-state index < -0.39 is 0 Å². The molecule has 5 heteroatoms. The highest BCUT2D eigenvalue weighted by molar-refractivity contribution is 7.11. The topological polar surface area (TPSA) is 53.5 Å². The van der Waals surface area contributed by atoms with Crippen molar-refractivity contribution in [2.45, 2.75) is 13.0 Å². The number of carbonyl (C=O) groups is 1. The van der Waals surface area contributed by atoms with E-state index >= 15 is 0 Å². The third kappa shape index (κ3) is 3.76. The second kappa shape index (κ2) is 7.07. The molecule has 0 radical (unpaired) electrons. The van der Waals surface area contributed by atoms with Crippen LogP contribution in [0.4, 0.5) is 5.69 Å². The molecule has 0 bridgehead atoms. The van der Waals surface area contributed by atoms with Gasteiger partial charge in [-0.1, -0.05) is 42.5 Å². The fraction of sp³-hybridized carbons (Fsp3) is 0.111. The third-order valence-corrected chi connectivity index (χ3v) is 4.27. The van der Waals surface area contributed by atoms with Crippen molar-refractivity contribution in [3.05, 3.63) is 64.9 Å². The van der Waals surface area contributed by atoms with Crippen LogP contribution in [0.3, 0.4) is 0 Å². The van der Waals surface area contributed by atoms with Crippen LogP contribution >= 0.6 is 11.3 Å². The van der Waals surface area contributed by atoms with E-state index in [4.69, 9.17) is 0 Å². The first-order chi connectivity index (χ1) is 11.2. The number of nitrogens with zero attached hydrogens (tertiary/aromatic N) is 1. The van der Waals surface area contributed by atoms with Crippen LogP contribution in [-0.4, -0.2) is 18.2 Å². The van der Waals surface area contributed by atoms with Crippen molar-refractivity contribution < 1.29 is 4.79 Å². The molecule has 0 aliphatic carbocycles. The molecule has 0 aliphatic heterocycles. The number of hydrogen-bond acceptors (Lipinski definition) is 4. The van der Waals surface area contributed by atoms with Crippen LogP contribution in [0.2, 0.25) is 0 Å². The van der Waals surface area contributed by atoms with E-state index in [0.717, 1.165) is 21.3 Å². The standard InChI is InChI=1S/C18H17N3OS/c1-13(18(22)21-19-12-15-8-5-11-23-15)20-17-10-4-7-14-6-2-3-9-16(14)17/h2-13,20H,1H3,(H,21,22)/b19-12+. The Morgan fingerprint density at radius 1 is 1.13 bits per heavy atom. The first kappa shape index (κ1) is 15.2. The maximum atomic E-state index is 12.1. The summed E-state index contributed by atoms with van der Waals surface area (Å²) in [7, 11) is 0. The van der Waals surface area contributed by atoms with Crippen molar-refractivity contribution in [3.8, 4) is 0 Å². The van der Waals surface area contributed by atoms with Crippen LogP contribution < -0.4 is 10.7 Å². The van der Waals surface area contributed by atoms with Gasteiger partial charge in [-0.25, -0.2) is 5.43 Å². The van der Waals surface area contributed by atoms with Gasteiger partial charge in [0.1, 0.15) is 6.04 Å². The van der Waals surface area contributed by atoms with Gasteiger partial charge in [-0.2, -0.15) is 5.10 Å². The quantitative estimate of drug-likeness (QED) is 0.553. The van der Waals surface area contributed by atoms with Gasteiger partial charge in [0.2, 0.25) is 0 Å². The van der Waals surface area contributed by atoms with Gasteiger partial charge in [0, 0.05) is 16.0 Å². The molecule has 0 saturated carbocycles. The number of anilines is 1. The molecule has 0 saturated heterocycles. The van der Waals surface area contributed by atoms with Gasteiger partial charge in [0.25, 0.3) is 5.91 Å². The number of hydrogen-bond donors (Lipinski definition) is 2. The van der Waals surface area contributed by atoms with Gasteiger partial charge in [-0.3, -0.25) is 4.79 Å². The molecule has 1 aromatic heterocycles. The number of fused-ring (bicyclic) bond motifs is 1. The number of benzene rings is 2. The monoisotopic (exact) mass is 323 g/mol. The lowest BCUT2D eigenvalue weighted by Crippen LogP contribution is -2.34. The Balaban J connectivity index is 1.65. The van der Waals surface area contributed by atoms with E-state index in [1.54, 1.807) is 17.6 Å². The molecular weight excluding hydrogens is 306 g/mol. The van der Waals surface area contributed by atoms with Crippen molar-refractivity contribution in [3.63, 3.8) is 0 Å². The summed E-state index contributed by atoms with van der Waals surface area (Å²) in [6.45, 7) is 1.82. The summed E-state index contributed by atoms with van der Waals surface area (Å²) < 4.78 is 0. The Morgan fingerprint density at radius 3 is 2.78 bits per heavy atom. The molecule has 4 nitrogen and oxygen atoms in total. The van der Waals surface area contributed by atoms with E-state index in [2.05, 4.69) is 28.0 Å². The van der Waals surface area contributed by atoms with E-state index in [9.17, 15) is 4.79 Å². The summed E-state index contributed by atoms with van der Waals surface area (Å²) in [6, 6.07) is 17.6. The summed E-state index contributed by atoms with van der Waals surface area (Å²) in [5.74, 6) is -0.175. The van der Waals surface area contributed by atoms with Gasteiger partial charge < -0.3 is 5.32 Å². The Kier molecular flexibility index (Phi) is 4.68. The van der Waals surface area contributed by atoms with Crippen molar-refractivity contribution in [1.29, 1.82) is 0 Å². The smallest absolute Gasteiger partial charge is 0.262 e. The minimum Gasteiger partial charge on any atom is -0.373 e. The Morgan fingerprint density at radius 2 is 1.96 bits per heavy atom. The molecule has 1 unspecified atom stereocenters. The number of amides is 1. The Bertz CT molecular complexity index is 822. The predicted octanol–water partition coefficient (Wildman–Crippen LogP) is 3.85. The van der Waals surface area contributed by atoms with Crippen LogP contribution in [0.15, 0.2) is 65.1 Å². The molecule has 116 valence electrons. The average Bonchev–Trinajstić information content (AvgIpc) is 3.08. The third-order valence-electron chi connectivity index (χ3n) is 3.46. The number of hydrazone groups is 1. The highest BCUT2D eigenvalue weighted by Crippen LogP contribution is 2.23. The van der Waals surface area contributed by atoms with Gasteiger partial charge in [0.05, 0.1) is 6.21 Å². The average molecular weight is 323 g/mol. The van der Waals surface area contributed by atoms with Gasteiger partial charge >= 0.3 is 0 Å². The van der Waals surface area contributed by atoms with E-state index in [-0.39, 0.29) is 11.9 Å². The van der Waals surface area contributed by atoms with Crippen LogP contribution in [0.25, 0.3) is 10.8 Å². The second-order valence-electron chi connectivity index (χ2n) is 5.14. The summed E-state index contributed by atoms with van der Waals surface area (Å²) in [6.07, 6.45) is 1.65. The lowest BCUT2D eigenvalue weighted by atomic mass is 10.1. The van der Waals surface area contributed by atoms with Crippen molar-refractivity contribution in [1.82, 2.24) is 5.43 Å². The number of thiophene rings is 1. The molecule has 0 spiro atoms. The first-order valence-electron chi connectivity index (χ1n) is 7.35. The summed E-state index contributed by atoms with van der Waals surface area (Å²) in [4.78, 5) is 13.1. The molecule has 3 rings (SSSR count). The largest absolute Gasteiger partial charge is 0.373 e. The molecule has 1 atom stereocenters. The van der Waals surface area contributed by atoms with Gasteiger partial charge in [0.15, 0.2) is 0 Å². The number of rotatable bonds is 5. The number of nitrogens with one attached hydrogen (secondary N) is 2. The highest BCUT2D eigenvalue weighted by atomic mass is 32.1. The molecule has 2 aromatic carbocycles. The molecule has 2 N–H and O–H groups in total. The van der Waals surface area contributed by atoms with Crippen LogP contribution in [0.1, 0.15) is 11.8 Å². The van der Waals surface area contributed by atoms with Gasteiger partial charge in [-0.05, 0) is 29.8 Å². The van der Waals surface area contributed by atoms with Crippen LogP contribution in [0.5, 0.6) is 0 Å². The zero-order valence-corrected chi connectivity index (χ0v) is 13.5. The predicted molar refractivity (Wildman–Crippen MR) is 97.1 cm³/mol. The summed E-state index contributed by atoms with van der Waals surface area (Å²) in [5, 5.41) is 11.4. The van der Waals surface area contributed by atoms with E-state index in [0.29, 0.717) is 0 Å². The normalized spacial score (nSPS) is 12.4. The van der Waals surface area contributed by atoms with Crippen LogP contribution in [0, 0.1) is 0 Å². The zero-order valence-electron chi connectivity index (χ0n) is 12.7. The summed E-state index contributed by atoms with van der Waals surface area (Å²) in [5.41, 5.74) is 3.50. The maximum absolute atomic E-state index is 12.1. The molecule has 1 heterocycles. The van der Waals surface area contributed by atoms with Crippen molar-refractivity contribution in [2.75, 3.05) is 5.32 Å². The molecular formula is C18H17N3OS. The highest BCUT2D eigenvalue weighted by Gasteiger charge is 2.12. The van der Waals surface area contributed by atoms with Gasteiger partial charge in [-0.15, -0.1) is 11.3 Å². The molecule has 0 aliphatic rings. The fourth-order valence-corrected chi connectivity index (χ4v) is 2.86. The van der Waals surface area contributed by atoms with E-state index in [1.807, 2.05) is 54.8 Å². The van der Waals surface area contributed by atoms with Crippen LogP contribution in [-0.2, 0) is 4.79 Å². The minimum absolute atomic E-state index is 0.175. The zero-order chi connectivity index (χ0) is 16.1. The second-order valence-corrected chi connectivity index (χ2v) is 6.12. The number of carbonyl (C=O) groups excluding carboxylic acids is 1. The summed E-state index contributed by atoms with van der Waals surface area (Å²) >= 11 is 1.57. The van der Waals surface area contributed by atoms with Crippen molar-refractivity contribution in [2.24, 2.45) is 5.10 Å². The Hall–Kier alpha value is -2.66. The Labute approximate surface area is 138 Å². The molecule has 0 fully saturated rings. The molecule has 3 aromatic rings. The van der Waals surface area contributed by atoms with E-state index in [1.165, 1.54) is 0 Å². The lowest BCUT2D eigenvalue weighted by Gasteiger charge is -2.15. The molecule has 1 amide bonds. The van der Waals surface area contributed by atoms with Crippen molar-refractivity contribution >= 4 is 39.9 Å². The SMILES string of the molecule is CC(Nc1cccc2ccccc12)C(=O)N/N=C/c1cccs1. The lowest BCUT2D eigenvalue weighted by molar-refractivity contribution is -0.121. The molecule has 23 heavy (non-hydrogen) atoms. The fourth-order valence-electron chi connectivity index (χ4n) is 2.27. The first-order valence-corrected chi connectivity index (χ1v) is 8.23.